The molecule has 4 rings (SSSR count). The zero-order valence-corrected chi connectivity index (χ0v) is 15.1. The second kappa shape index (κ2) is 6.82. The third-order valence-electron chi connectivity index (χ3n) is 4.92. The summed E-state index contributed by atoms with van der Waals surface area (Å²) in [7, 11) is 0. The van der Waals surface area contributed by atoms with E-state index in [1.807, 2.05) is 30.3 Å². The Bertz CT molecular complexity index is 889. The molecular weight excluding hydrogens is 371 g/mol. The van der Waals surface area contributed by atoms with E-state index in [4.69, 9.17) is 33.7 Å². The molecule has 0 saturated carbocycles. The summed E-state index contributed by atoms with van der Waals surface area (Å²) in [5.74, 6) is -0.456. The molecule has 0 spiro atoms. The Morgan fingerprint density at radius 1 is 1.00 bits per heavy atom. The molecule has 4 unspecified atom stereocenters. The molecule has 2 heterocycles. The van der Waals surface area contributed by atoms with E-state index in [1.165, 1.54) is 0 Å². The SMILES string of the molecule is N#CC1=C(N)OC2NNC(c3ccccc3)C2C1c1c(Cl)cccc1Cl. The van der Waals surface area contributed by atoms with Gasteiger partial charge in [-0.05, 0) is 23.3 Å². The highest BCUT2D eigenvalue weighted by Crippen LogP contribution is 2.50. The van der Waals surface area contributed by atoms with E-state index in [2.05, 4.69) is 16.9 Å². The predicted molar refractivity (Wildman–Crippen MR) is 99.8 cm³/mol. The lowest BCUT2D eigenvalue weighted by Gasteiger charge is -2.36. The van der Waals surface area contributed by atoms with Gasteiger partial charge in [-0.3, -0.25) is 0 Å². The van der Waals surface area contributed by atoms with Crippen molar-refractivity contribution in [2.24, 2.45) is 11.7 Å². The Morgan fingerprint density at radius 3 is 2.35 bits per heavy atom. The lowest BCUT2D eigenvalue weighted by Crippen LogP contribution is -2.41. The maximum absolute atomic E-state index is 9.76. The Labute approximate surface area is 161 Å². The molecule has 0 aliphatic carbocycles. The summed E-state index contributed by atoms with van der Waals surface area (Å²) in [6.07, 6.45) is -0.408. The van der Waals surface area contributed by atoms with Crippen LogP contribution in [-0.2, 0) is 4.74 Å². The van der Waals surface area contributed by atoms with Crippen LogP contribution in [0.2, 0.25) is 10.0 Å². The number of halogens is 2. The summed E-state index contributed by atoms with van der Waals surface area (Å²) < 4.78 is 5.77. The topological polar surface area (TPSA) is 83.1 Å². The van der Waals surface area contributed by atoms with E-state index in [0.29, 0.717) is 21.2 Å². The van der Waals surface area contributed by atoms with Crippen LogP contribution in [0.3, 0.4) is 0 Å². The number of ether oxygens (including phenoxy) is 1. The van der Waals surface area contributed by atoms with Gasteiger partial charge in [-0.25, -0.2) is 10.9 Å². The fourth-order valence-electron chi connectivity index (χ4n) is 3.80. The second-order valence-corrected chi connectivity index (χ2v) is 7.11. The van der Waals surface area contributed by atoms with Gasteiger partial charge in [0, 0.05) is 21.9 Å². The molecule has 5 nitrogen and oxygen atoms in total. The molecule has 1 fully saturated rings. The Kier molecular flexibility index (Phi) is 4.51. The van der Waals surface area contributed by atoms with Gasteiger partial charge >= 0.3 is 0 Å². The third-order valence-corrected chi connectivity index (χ3v) is 5.58. The lowest BCUT2D eigenvalue weighted by atomic mass is 9.74. The molecule has 132 valence electrons. The largest absolute Gasteiger partial charge is 0.458 e. The number of nitrogens with one attached hydrogen (secondary N) is 2. The molecule has 2 aliphatic rings. The smallest absolute Gasteiger partial charge is 0.200 e. The van der Waals surface area contributed by atoms with Crippen LogP contribution in [0.4, 0.5) is 0 Å². The number of allylic oxidation sites excluding steroid dienone is 1. The zero-order chi connectivity index (χ0) is 18.3. The number of hydrogen-bond acceptors (Lipinski definition) is 5. The highest BCUT2D eigenvalue weighted by molar-refractivity contribution is 6.36. The molecule has 0 aromatic heterocycles. The standard InChI is InChI=1S/C19H16Cl2N4O/c20-12-7-4-8-13(21)15(12)14-11(9-22)18(23)26-19-16(14)17(24-25-19)10-5-2-1-3-6-10/h1-8,14,16-17,19,24-25H,23H2. The van der Waals surface area contributed by atoms with E-state index < -0.39 is 12.1 Å². The van der Waals surface area contributed by atoms with Crippen molar-refractivity contribution >= 4 is 23.2 Å². The van der Waals surface area contributed by atoms with Gasteiger partial charge in [-0.2, -0.15) is 5.26 Å². The van der Waals surface area contributed by atoms with Crippen molar-refractivity contribution in [3.05, 3.63) is 81.2 Å². The Balaban J connectivity index is 1.89. The first-order valence-electron chi connectivity index (χ1n) is 8.18. The van der Waals surface area contributed by atoms with E-state index in [0.717, 1.165) is 5.56 Å². The number of fused-ring (bicyclic) bond motifs is 1. The van der Waals surface area contributed by atoms with Gasteiger partial charge in [0.1, 0.15) is 6.07 Å². The lowest BCUT2D eigenvalue weighted by molar-refractivity contribution is 0.0341. The van der Waals surface area contributed by atoms with Crippen LogP contribution in [0.1, 0.15) is 23.1 Å². The first-order chi connectivity index (χ1) is 12.6. The maximum Gasteiger partial charge on any atom is 0.200 e. The van der Waals surface area contributed by atoms with Gasteiger partial charge in [0.15, 0.2) is 6.23 Å². The summed E-state index contributed by atoms with van der Waals surface area (Å²) in [4.78, 5) is 0. The normalized spacial score (nSPS) is 27.6. The van der Waals surface area contributed by atoms with Gasteiger partial charge < -0.3 is 10.5 Å². The number of hydrogen-bond donors (Lipinski definition) is 3. The van der Waals surface area contributed by atoms with Gasteiger partial charge in [0.05, 0.1) is 11.6 Å². The molecule has 4 N–H and O–H groups in total. The average Bonchev–Trinajstić information content (AvgIpc) is 3.05. The maximum atomic E-state index is 9.76. The minimum Gasteiger partial charge on any atom is -0.458 e. The van der Waals surface area contributed by atoms with Crippen molar-refractivity contribution in [2.75, 3.05) is 0 Å². The summed E-state index contributed by atoms with van der Waals surface area (Å²) in [5.41, 5.74) is 14.5. The van der Waals surface area contributed by atoms with Crippen molar-refractivity contribution in [1.29, 1.82) is 5.26 Å². The average molecular weight is 387 g/mol. The van der Waals surface area contributed by atoms with E-state index >= 15 is 0 Å². The minimum absolute atomic E-state index is 0.0951. The van der Waals surface area contributed by atoms with E-state index in [9.17, 15) is 5.26 Å². The molecule has 26 heavy (non-hydrogen) atoms. The van der Waals surface area contributed by atoms with Crippen molar-refractivity contribution < 1.29 is 4.74 Å². The fraction of sp³-hybridized carbons (Fsp3) is 0.211. The second-order valence-electron chi connectivity index (χ2n) is 6.30. The Hall–Kier alpha value is -2.23. The molecule has 2 aromatic carbocycles. The zero-order valence-electron chi connectivity index (χ0n) is 13.6. The molecule has 2 aliphatic heterocycles. The van der Waals surface area contributed by atoms with Crippen LogP contribution in [0, 0.1) is 17.2 Å². The first-order valence-corrected chi connectivity index (χ1v) is 8.93. The molecule has 1 saturated heterocycles. The fourth-order valence-corrected chi connectivity index (χ4v) is 4.43. The first kappa shape index (κ1) is 17.2. The highest BCUT2D eigenvalue weighted by Gasteiger charge is 2.50. The van der Waals surface area contributed by atoms with E-state index in [-0.39, 0.29) is 17.8 Å². The quantitative estimate of drug-likeness (QED) is 0.734. The molecule has 4 atom stereocenters. The highest BCUT2D eigenvalue weighted by atomic mass is 35.5. The van der Waals surface area contributed by atoms with Crippen molar-refractivity contribution in [3.63, 3.8) is 0 Å². The number of nitriles is 1. The van der Waals surface area contributed by atoms with Gasteiger partial charge in [-0.1, -0.05) is 59.6 Å². The molecular formula is C19H16Cl2N4O. The number of rotatable bonds is 2. The van der Waals surface area contributed by atoms with Crippen LogP contribution in [0.25, 0.3) is 0 Å². The summed E-state index contributed by atoms with van der Waals surface area (Å²) >= 11 is 13.0. The van der Waals surface area contributed by atoms with Crippen molar-refractivity contribution in [1.82, 2.24) is 10.9 Å². The van der Waals surface area contributed by atoms with Gasteiger partial charge in [0.25, 0.3) is 0 Å². The van der Waals surface area contributed by atoms with Crippen LogP contribution in [0.5, 0.6) is 0 Å². The number of nitrogens with zero attached hydrogens (tertiary/aromatic N) is 1. The summed E-state index contributed by atoms with van der Waals surface area (Å²) in [5, 5.41) is 10.8. The number of nitrogens with two attached hydrogens (primary N) is 1. The summed E-state index contributed by atoms with van der Waals surface area (Å²) in [6.45, 7) is 0. The molecule has 0 bridgehead atoms. The van der Waals surface area contributed by atoms with Crippen LogP contribution < -0.4 is 16.6 Å². The molecule has 0 radical (unpaired) electrons. The number of benzene rings is 2. The van der Waals surface area contributed by atoms with Crippen molar-refractivity contribution in [3.8, 4) is 6.07 Å². The van der Waals surface area contributed by atoms with Gasteiger partial charge in [0.2, 0.25) is 5.88 Å². The Morgan fingerprint density at radius 2 is 1.69 bits per heavy atom. The summed E-state index contributed by atoms with van der Waals surface area (Å²) in [6, 6.07) is 17.4. The van der Waals surface area contributed by atoms with Crippen LogP contribution in [0.15, 0.2) is 60.0 Å². The number of hydrazine groups is 1. The third kappa shape index (κ3) is 2.72. The molecule has 0 amide bonds. The van der Waals surface area contributed by atoms with E-state index in [1.54, 1.807) is 18.2 Å². The minimum atomic E-state index is -0.408. The molecule has 7 heteroatoms. The molecule has 2 aromatic rings. The monoisotopic (exact) mass is 386 g/mol. The van der Waals surface area contributed by atoms with Crippen LogP contribution >= 0.6 is 23.2 Å². The van der Waals surface area contributed by atoms with Crippen molar-refractivity contribution in [2.45, 2.75) is 18.2 Å². The van der Waals surface area contributed by atoms with Gasteiger partial charge in [-0.15, -0.1) is 0 Å². The predicted octanol–water partition coefficient (Wildman–Crippen LogP) is 3.59. The van der Waals surface area contributed by atoms with Crippen LogP contribution in [-0.4, -0.2) is 6.23 Å².